The summed E-state index contributed by atoms with van der Waals surface area (Å²) >= 11 is 0. The van der Waals surface area contributed by atoms with Gasteiger partial charge in [0.05, 0.1) is 0 Å². The summed E-state index contributed by atoms with van der Waals surface area (Å²) in [5.74, 6) is 0.0593. The summed E-state index contributed by atoms with van der Waals surface area (Å²) in [5, 5.41) is 0. The summed E-state index contributed by atoms with van der Waals surface area (Å²) < 4.78 is 0. The van der Waals surface area contributed by atoms with Crippen molar-refractivity contribution in [2.45, 2.75) is 26.2 Å². The molecule has 20 heavy (non-hydrogen) atoms. The highest BCUT2D eigenvalue weighted by molar-refractivity contribution is 5.96. The van der Waals surface area contributed by atoms with Crippen molar-refractivity contribution in [1.82, 2.24) is 9.80 Å². The number of rotatable bonds is 7. The van der Waals surface area contributed by atoms with Crippen LogP contribution in [-0.4, -0.2) is 42.9 Å². The fraction of sp³-hybridized carbons (Fsp3) is 0.471. The lowest BCUT2D eigenvalue weighted by molar-refractivity contribution is -0.124. The molecule has 0 aromatic carbocycles. The van der Waals surface area contributed by atoms with Crippen LogP contribution in [0.15, 0.2) is 48.2 Å². The number of allylic oxidation sites excluding steroid dienone is 3. The molecule has 0 aromatic heterocycles. The molecule has 1 amide bonds. The van der Waals surface area contributed by atoms with Crippen molar-refractivity contribution in [2.24, 2.45) is 0 Å². The Morgan fingerprint density at radius 2 is 2.05 bits per heavy atom. The van der Waals surface area contributed by atoms with E-state index >= 15 is 0 Å². The Hall–Kier alpha value is -1.77. The van der Waals surface area contributed by atoms with Gasteiger partial charge in [0.15, 0.2) is 0 Å². The van der Waals surface area contributed by atoms with Gasteiger partial charge in [0.25, 0.3) is 5.91 Å². The zero-order chi connectivity index (χ0) is 15.0. The fourth-order valence-corrected chi connectivity index (χ4v) is 2.16. The minimum absolute atomic E-state index is 0.0593. The average molecular weight is 274 g/mol. The minimum atomic E-state index is 0.0593. The summed E-state index contributed by atoms with van der Waals surface area (Å²) in [6.07, 6.45) is 13.0. The number of carbonyl (C=O) groups excluding carboxylic acids is 1. The molecule has 1 aliphatic rings. The first-order valence-corrected chi connectivity index (χ1v) is 7.26. The van der Waals surface area contributed by atoms with Gasteiger partial charge in [-0.1, -0.05) is 25.2 Å². The van der Waals surface area contributed by atoms with E-state index in [4.69, 9.17) is 0 Å². The van der Waals surface area contributed by atoms with Crippen LogP contribution < -0.4 is 0 Å². The number of hydrogen-bond acceptors (Lipinski definition) is 2. The third-order valence-electron chi connectivity index (χ3n) is 3.21. The first kappa shape index (κ1) is 16.3. The molecule has 0 saturated heterocycles. The normalized spacial score (nSPS) is 14.2. The molecule has 0 saturated carbocycles. The number of amides is 1. The van der Waals surface area contributed by atoms with E-state index in [9.17, 15) is 4.79 Å². The zero-order valence-electron chi connectivity index (χ0n) is 12.9. The molecule has 1 aliphatic carbocycles. The van der Waals surface area contributed by atoms with Gasteiger partial charge in [-0.2, -0.15) is 0 Å². The van der Waals surface area contributed by atoms with Gasteiger partial charge in [-0.3, -0.25) is 4.79 Å². The van der Waals surface area contributed by atoms with Crippen molar-refractivity contribution in [2.75, 3.05) is 27.2 Å². The molecule has 0 radical (unpaired) electrons. The fourth-order valence-electron chi connectivity index (χ4n) is 2.16. The molecule has 0 bridgehead atoms. The maximum Gasteiger partial charge on any atom is 0.253 e. The molecule has 0 heterocycles. The van der Waals surface area contributed by atoms with Crippen molar-refractivity contribution in [3.8, 4) is 0 Å². The first-order chi connectivity index (χ1) is 9.60. The highest BCUT2D eigenvalue weighted by atomic mass is 16.2. The second-order valence-corrected chi connectivity index (χ2v) is 5.12. The van der Waals surface area contributed by atoms with Crippen LogP contribution in [-0.2, 0) is 4.79 Å². The van der Waals surface area contributed by atoms with Crippen LogP contribution in [0, 0.1) is 0 Å². The van der Waals surface area contributed by atoms with Crippen molar-refractivity contribution in [1.29, 1.82) is 0 Å². The van der Waals surface area contributed by atoms with Crippen LogP contribution in [0.1, 0.15) is 26.2 Å². The van der Waals surface area contributed by atoms with Gasteiger partial charge in [-0.15, -0.1) is 6.58 Å². The smallest absolute Gasteiger partial charge is 0.253 e. The molecule has 3 heteroatoms. The molecular formula is C17H26N2O. The molecule has 3 nitrogen and oxygen atoms in total. The predicted octanol–water partition coefficient (Wildman–Crippen LogP) is 3.13. The topological polar surface area (TPSA) is 23.6 Å². The Morgan fingerprint density at radius 1 is 1.30 bits per heavy atom. The van der Waals surface area contributed by atoms with E-state index < -0.39 is 0 Å². The van der Waals surface area contributed by atoms with E-state index in [1.54, 1.807) is 19.0 Å². The van der Waals surface area contributed by atoms with E-state index in [0.717, 1.165) is 37.9 Å². The average Bonchev–Trinajstić information content (AvgIpc) is 2.68. The summed E-state index contributed by atoms with van der Waals surface area (Å²) in [6, 6.07) is 0. The third-order valence-corrected chi connectivity index (χ3v) is 3.21. The Morgan fingerprint density at radius 3 is 2.65 bits per heavy atom. The third kappa shape index (κ3) is 4.72. The van der Waals surface area contributed by atoms with Crippen molar-refractivity contribution >= 4 is 5.91 Å². The molecule has 0 spiro atoms. The predicted molar refractivity (Wildman–Crippen MR) is 85.3 cm³/mol. The summed E-state index contributed by atoms with van der Waals surface area (Å²) in [7, 11) is 3.56. The van der Waals surface area contributed by atoms with Crippen LogP contribution in [0.5, 0.6) is 0 Å². The van der Waals surface area contributed by atoms with Gasteiger partial charge in [0, 0.05) is 38.5 Å². The number of likely N-dealkylation sites (N-methyl/N-ethyl adjacent to an activating group) is 1. The van der Waals surface area contributed by atoms with Crippen LogP contribution in [0.25, 0.3) is 0 Å². The van der Waals surface area contributed by atoms with E-state index in [1.165, 1.54) is 5.70 Å². The lowest BCUT2D eigenvalue weighted by atomic mass is 10.2. The van der Waals surface area contributed by atoms with Crippen LogP contribution in [0.4, 0.5) is 0 Å². The minimum Gasteiger partial charge on any atom is -0.371 e. The molecule has 110 valence electrons. The molecule has 0 fully saturated rings. The van der Waals surface area contributed by atoms with Crippen molar-refractivity contribution in [3.63, 3.8) is 0 Å². The second kappa shape index (κ2) is 8.41. The van der Waals surface area contributed by atoms with E-state index in [-0.39, 0.29) is 5.91 Å². The zero-order valence-corrected chi connectivity index (χ0v) is 12.9. The van der Waals surface area contributed by atoms with Crippen LogP contribution >= 0.6 is 0 Å². The Labute approximate surface area is 122 Å². The van der Waals surface area contributed by atoms with Gasteiger partial charge in [-0.25, -0.2) is 0 Å². The summed E-state index contributed by atoms with van der Waals surface area (Å²) in [6.45, 7) is 7.97. The van der Waals surface area contributed by atoms with Crippen molar-refractivity contribution in [3.05, 3.63) is 48.2 Å². The molecular weight excluding hydrogens is 248 g/mol. The number of nitrogens with zero attached hydrogens (tertiary/aromatic N) is 2. The van der Waals surface area contributed by atoms with Gasteiger partial charge in [0.2, 0.25) is 0 Å². The lowest BCUT2D eigenvalue weighted by Crippen LogP contribution is -2.24. The summed E-state index contributed by atoms with van der Waals surface area (Å²) in [4.78, 5) is 16.0. The largest absolute Gasteiger partial charge is 0.371 e. The highest BCUT2D eigenvalue weighted by Gasteiger charge is 2.12. The molecule has 0 aliphatic heterocycles. The Bertz CT molecular complexity index is 430. The molecule has 0 unspecified atom stereocenters. The van der Waals surface area contributed by atoms with Gasteiger partial charge in [-0.05, 0) is 31.4 Å². The van der Waals surface area contributed by atoms with Crippen LogP contribution in [0.2, 0.25) is 0 Å². The molecule has 1 rings (SSSR count). The van der Waals surface area contributed by atoms with Gasteiger partial charge >= 0.3 is 0 Å². The molecule has 0 atom stereocenters. The van der Waals surface area contributed by atoms with E-state index in [0.29, 0.717) is 0 Å². The van der Waals surface area contributed by atoms with Gasteiger partial charge in [0.1, 0.15) is 0 Å². The SMILES string of the molecule is C=CCCN(CCC)C1=CCC=C(C(=O)N(C)C)C=C1. The Kier molecular flexibility index (Phi) is 6.85. The maximum atomic E-state index is 12.0. The van der Waals surface area contributed by atoms with Crippen LogP contribution in [0.3, 0.4) is 0 Å². The highest BCUT2D eigenvalue weighted by Crippen LogP contribution is 2.16. The standard InChI is InChI=1S/C17H26N2O/c1-5-7-14-19(13-6-2)16-10-8-9-15(11-12-16)17(20)18(3)4/h5,9-12H,1,6-8,13-14H2,2-4H3. The quantitative estimate of drug-likeness (QED) is 0.666. The summed E-state index contributed by atoms with van der Waals surface area (Å²) in [5.41, 5.74) is 1.97. The lowest BCUT2D eigenvalue weighted by Gasteiger charge is -2.24. The number of carbonyl (C=O) groups is 1. The van der Waals surface area contributed by atoms with E-state index in [1.807, 2.05) is 18.2 Å². The second-order valence-electron chi connectivity index (χ2n) is 5.12. The van der Waals surface area contributed by atoms with Gasteiger partial charge < -0.3 is 9.80 Å². The molecule has 0 N–H and O–H groups in total. The maximum absolute atomic E-state index is 12.0. The molecule has 0 aromatic rings. The monoisotopic (exact) mass is 274 g/mol. The number of hydrogen-bond donors (Lipinski definition) is 0. The Balaban J connectivity index is 2.78. The van der Waals surface area contributed by atoms with E-state index in [2.05, 4.69) is 30.6 Å². The van der Waals surface area contributed by atoms with Crippen molar-refractivity contribution < 1.29 is 4.79 Å². The first-order valence-electron chi connectivity index (χ1n) is 7.26.